The number of carbonyl (C=O) groups is 3. The van der Waals surface area contributed by atoms with Crippen molar-refractivity contribution in [3.63, 3.8) is 0 Å². The molecule has 3 aromatic rings. The van der Waals surface area contributed by atoms with Crippen molar-refractivity contribution in [3.8, 4) is 0 Å². The maximum atomic E-state index is 13.8. The highest BCUT2D eigenvalue weighted by Gasteiger charge is 2.36. The normalized spacial score (nSPS) is 13.2. The molecule has 2 atom stereocenters. The summed E-state index contributed by atoms with van der Waals surface area (Å²) in [5, 5.41) is 3.31. The average Bonchev–Trinajstić information content (AvgIpc) is 3.21. The molecule has 2 N–H and O–H groups in total. The number of aromatic amines is 1. The number of hydrogen-bond acceptors (Lipinski definition) is 5. The lowest BCUT2D eigenvalue weighted by molar-refractivity contribution is -0.147. The van der Waals surface area contributed by atoms with E-state index >= 15 is 0 Å². The number of Topliss-reactive ketones (excluding diaryl/α,β-unsaturated/α-hetero) is 1. The highest BCUT2D eigenvalue weighted by Crippen LogP contribution is 2.27. The fourth-order valence-corrected chi connectivity index (χ4v) is 4.01. The van der Waals surface area contributed by atoms with Crippen LogP contribution in [0.1, 0.15) is 38.3 Å². The summed E-state index contributed by atoms with van der Waals surface area (Å²) in [7, 11) is 1.26. The highest BCUT2D eigenvalue weighted by molar-refractivity contribution is 5.91. The Bertz CT molecular complexity index is 1180. The molecule has 1 heterocycles. The van der Waals surface area contributed by atoms with Gasteiger partial charge in [-0.3, -0.25) is 9.59 Å². The van der Waals surface area contributed by atoms with E-state index in [0.717, 1.165) is 11.1 Å². The third-order valence-corrected chi connectivity index (χ3v) is 5.84. The van der Waals surface area contributed by atoms with Gasteiger partial charge in [-0.2, -0.15) is 0 Å². The van der Waals surface area contributed by atoms with Crippen molar-refractivity contribution in [1.29, 1.82) is 0 Å². The number of halogens is 1. The Morgan fingerprint density at radius 2 is 1.80 bits per heavy atom. The molecule has 0 aliphatic rings. The predicted octanol–water partition coefficient (Wildman–Crippen LogP) is 4.94. The summed E-state index contributed by atoms with van der Waals surface area (Å²) in [5.74, 6) is -2.07. The summed E-state index contributed by atoms with van der Waals surface area (Å²) >= 11 is 0. The molecule has 0 bridgehead atoms. The number of ketones is 1. The smallest absolute Gasteiger partial charge is 0.408 e. The van der Waals surface area contributed by atoms with Crippen LogP contribution in [-0.2, 0) is 32.1 Å². The maximum Gasteiger partial charge on any atom is 0.408 e. The number of alkyl carbamates (subject to hydrolysis) is 1. The fraction of sp³-hybridized carbons (Fsp3) is 0.370. The van der Waals surface area contributed by atoms with E-state index in [2.05, 4.69) is 10.3 Å². The van der Waals surface area contributed by atoms with Crippen LogP contribution >= 0.6 is 0 Å². The van der Waals surface area contributed by atoms with Gasteiger partial charge in [-0.25, -0.2) is 9.18 Å². The quantitative estimate of drug-likeness (QED) is 0.421. The van der Waals surface area contributed by atoms with Gasteiger partial charge in [0.2, 0.25) is 0 Å². The molecule has 1 aromatic heterocycles. The molecule has 1 amide bonds. The lowest BCUT2D eigenvalue weighted by Crippen LogP contribution is -2.50. The number of hydrogen-bond donors (Lipinski definition) is 2. The van der Waals surface area contributed by atoms with E-state index in [-0.39, 0.29) is 25.2 Å². The molecule has 35 heavy (non-hydrogen) atoms. The first-order chi connectivity index (χ1) is 16.6. The lowest BCUT2D eigenvalue weighted by atomic mass is 9.81. The second-order valence-corrected chi connectivity index (χ2v) is 9.60. The number of rotatable bonds is 9. The monoisotopic (exact) mass is 482 g/mol. The Morgan fingerprint density at radius 1 is 1.09 bits per heavy atom. The Hall–Kier alpha value is -3.68. The maximum absolute atomic E-state index is 13.8. The molecular formula is C27H31FN2O5. The first kappa shape index (κ1) is 25.9. The van der Waals surface area contributed by atoms with Gasteiger partial charge >= 0.3 is 12.1 Å². The predicted molar refractivity (Wildman–Crippen MR) is 130 cm³/mol. The van der Waals surface area contributed by atoms with Crippen molar-refractivity contribution >= 4 is 28.7 Å². The molecule has 0 aliphatic heterocycles. The molecule has 0 saturated carbocycles. The van der Waals surface area contributed by atoms with Gasteiger partial charge in [-0.05, 0) is 41.2 Å². The number of amides is 1. The molecule has 0 radical (unpaired) electrons. The lowest BCUT2D eigenvalue weighted by Gasteiger charge is -2.30. The standard InChI is InChI=1S/C27H31FN2O5/c1-27(2,3)24(30-26(33)35-16-17-8-6-5-7-9-17)23(31)13-18(25(32)34-4)12-19-15-29-22-11-10-20(28)14-21(19)22/h5-11,14-15,18,24,29H,12-13,16H2,1-4H3,(H,30,33)/t18?,24-/m1/s1. The summed E-state index contributed by atoms with van der Waals surface area (Å²) in [6.07, 6.45) is 1.00. The van der Waals surface area contributed by atoms with E-state index in [1.165, 1.54) is 19.2 Å². The fourth-order valence-electron chi connectivity index (χ4n) is 4.01. The number of nitrogens with one attached hydrogen (secondary N) is 2. The van der Waals surface area contributed by atoms with Crippen LogP contribution in [0.3, 0.4) is 0 Å². The largest absolute Gasteiger partial charge is 0.469 e. The Labute approximate surface area is 204 Å². The van der Waals surface area contributed by atoms with E-state index in [0.29, 0.717) is 10.9 Å². The molecule has 3 rings (SSSR count). The third kappa shape index (κ3) is 6.91. The molecular weight excluding hydrogens is 451 g/mol. The minimum Gasteiger partial charge on any atom is -0.469 e. The number of fused-ring (bicyclic) bond motifs is 1. The summed E-state index contributed by atoms with van der Waals surface area (Å²) in [4.78, 5) is 41.4. The van der Waals surface area contributed by atoms with Crippen LogP contribution in [0.15, 0.2) is 54.7 Å². The molecule has 0 aliphatic carbocycles. The van der Waals surface area contributed by atoms with Crippen LogP contribution in [-0.4, -0.2) is 36.0 Å². The second-order valence-electron chi connectivity index (χ2n) is 9.60. The number of ether oxygens (including phenoxy) is 2. The summed E-state index contributed by atoms with van der Waals surface area (Å²) in [6.45, 7) is 5.54. The van der Waals surface area contributed by atoms with Crippen LogP contribution in [0.25, 0.3) is 10.9 Å². The van der Waals surface area contributed by atoms with Crippen LogP contribution in [0.5, 0.6) is 0 Å². The third-order valence-electron chi connectivity index (χ3n) is 5.84. The van der Waals surface area contributed by atoms with Crippen molar-refractivity contribution in [1.82, 2.24) is 10.3 Å². The number of benzene rings is 2. The first-order valence-corrected chi connectivity index (χ1v) is 11.4. The number of aromatic nitrogens is 1. The van der Waals surface area contributed by atoms with Crippen molar-refractivity contribution in [2.75, 3.05) is 7.11 Å². The molecule has 7 nitrogen and oxygen atoms in total. The van der Waals surface area contributed by atoms with Crippen molar-refractivity contribution in [2.24, 2.45) is 11.3 Å². The molecule has 1 unspecified atom stereocenters. The minimum absolute atomic E-state index is 0.0691. The summed E-state index contributed by atoms with van der Waals surface area (Å²) in [6, 6.07) is 12.7. The van der Waals surface area contributed by atoms with Crippen LogP contribution in [0.2, 0.25) is 0 Å². The van der Waals surface area contributed by atoms with E-state index < -0.39 is 35.3 Å². The molecule has 0 fully saturated rings. The van der Waals surface area contributed by atoms with Crippen molar-refractivity contribution in [2.45, 2.75) is 46.3 Å². The number of methoxy groups -OCH3 is 1. The van der Waals surface area contributed by atoms with Gasteiger partial charge in [-0.1, -0.05) is 51.1 Å². The number of carbonyl (C=O) groups excluding carboxylic acids is 3. The highest BCUT2D eigenvalue weighted by atomic mass is 19.1. The molecule has 2 aromatic carbocycles. The second kappa shape index (κ2) is 11.2. The number of H-pyrrole nitrogens is 1. The Morgan fingerprint density at radius 3 is 2.46 bits per heavy atom. The topological polar surface area (TPSA) is 97.5 Å². The molecule has 186 valence electrons. The zero-order valence-electron chi connectivity index (χ0n) is 20.4. The van der Waals surface area contributed by atoms with Gasteiger partial charge in [0.1, 0.15) is 12.4 Å². The minimum atomic E-state index is -0.890. The van der Waals surface area contributed by atoms with E-state index in [9.17, 15) is 18.8 Å². The van der Waals surface area contributed by atoms with E-state index in [4.69, 9.17) is 9.47 Å². The SMILES string of the molecule is COC(=O)C(CC(=O)[C@@H](NC(=O)OCc1ccccc1)C(C)(C)C)Cc1c[nH]c2ccc(F)cc12. The van der Waals surface area contributed by atoms with Gasteiger partial charge in [-0.15, -0.1) is 0 Å². The van der Waals surface area contributed by atoms with Crippen LogP contribution < -0.4 is 5.32 Å². The van der Waals surface area contributed by atoms with Gasteiger partial charge < -0.3 is 19.8 Å². The van der Waals surface area contributed by atoms with Crippen LogP contribution in [0, 0.1) is 17.2 Å². The van der Waals surface area contributed by atoms with Crippen molar-refractivity contribution < 1.29 is 28.2 Å². The van der Waals surface area contributed by atoms with E-state index in [1.54, 1.807) is 12.3 Å². The zero-order valence-corrected chi connectivity index (χ0v) is 20.4. The first-order valence-electron chi connectivity index (χ1n) is 11.4. The number of esters is 1. The molecule has 0 spiro atoms. The zero-order chi connectivity index (χ0) is 25.6. The molecule has 0 saturated heterocycles. The Kier molecular flexibility index (Phi) is 8.27. The molecule has 8 heteroatoms. The van der Waals surface area contributed by atoms with Crippen molar-refractivity contribution in [3.05, 3.63) is 71.7 Å². The summed E-state index contributed by atoms with van der Waals surface area (Å²) < 4.78 is 24.0. The van der Waals surface area contributed by atoms with Crippen LogP contribution in [0.4, 0.5) is 9.18 Å². The van der Waals surface area contributed by atoms with Gasteiger partial charge in [0, 0.05) is 23.5 Å². The van der Waals surface area contributed by atoms with Gasteiger partial charge in [0.05, 0.1) is 19.1 Å². The van der Waals surface area contributed by atoms with Gasteiger partial charge in [0.25, 0.3) is 0 Å². The van der Waals surface area contributed by atoms with Gasteiger partial charge in [0.15, 0.2) is 5.78 Å². The Balaban J connectivity index is 1.73. The van der Waals surface area contributed by atoms with E-state index in [1.807, 2.05) is 51.1 Å². The average molecular weight is 483 g/mol. The summed E-state index contributed by atoms with van der Waals surface area (Å²) in [5.41, 5.74) is 1.62.